The van der Waals surface area contributed by atoms with E-state index in [0.29, 0.717) is 11.3 Å². The number of benzene rings is 2. The first-order valence-electron chi connectivity index (χ1n) is 10.0. The van der Waals surface area contributed by atoms with E-state index < -0.39 is 11.4 Å². The summed E-state index contributed by atoms with van der Waals surface area (Å²) >= 11 is -1.07. The van der Waals surface area contributed by atoms with Crippen LogP contribution in [0.25, 0.3) is 21.9 Å². The molecule has 5 rings (SSSR count). The van der Waals surface area contributed by atoms with Gasteiger partial charge < -0.3 is 13.9 Å². The fraction of sp³-hybridized carbons (Fsp3) is 0.348. The summed E-state index contributed by atoms with van der Waals surface area (Å²) in [5.74, 6) is 1.50. The Labute approximate surface area is 173 Å². The molecule has 2 aromatic carbocycles. The van der Waals surface area contributed by atoms with Crippen LogP contribution in [0.15, 0.2) is 47.4 Å². The second kappa shape index (κ2) is 7.11. The first kappa shape index (κ1) is 18.6. The second-order valence-electron chi connectivity index (χ2n) is 8.01. The fourth-order valence-corrected chi connectivity index (χ4v) is 4.90. The van der Waals surface area contributed by atoms with Crippen molar-refractivity contribution >= 4 is 27.8 Å². The average Bonchev–Trinajstić information content (AvgIpc) is 3.46. The predicted molar refractivity (Wildman–Crippen MR) is 118 cm³/mol. The third kappa shape index (κ3) is 3.30. The van der Waals surface area contributed by atoms with E-state index in [-0.39, 0.29) is 5.56 Å². The lowest BCUT2D eigenvalue weighted by atomic mass is 9.97. The van der Waals surface area contributed by atoms with Gasteiger partial charge in [-0.05, 0) is 54.3 Å². The molecule has 2 aliphatic rings. The molecule has 1 aromatic heterocycles. The quantitative estimate of drug-likeness (QED) is 0.605. The summed E-state index contributed by atoms with van der Waals surface area (Å²) in [5.41, 5.74) is 4.07. The summed E-state index contributed by atoms with van der Waals surface area (Å²) in [6, 6.07) is 11.9. The first-order valence-corrected chi connectivity index (χ1v) is 11.5. The van der Waals surface area contributed by atoms with Crippen LogP contribution in [0.1, 0.15) is 18.4 Å². The van der Waals surface area contributed by atoms with Crippen molar-refractivity contribution in [2.75, 3.05) is 23.7 Å². The van der Waals surface area contributed by atoms with E-state index in [4.69, 9.17) is 4.74 Å². The molecule has 1 fully saturated rings. The zero-order valence-electron chi connectivity index (χ0n) is 16.7. The maximum absolute atomic E-state index is 12.6. The molecule has 1 atom stereocenters. The van der Waals surface area contributed by atoms with Gasteiger partial charge in [0, 0.05) is 29.8 Å². The van der Waals surface area contributed by atoms with Gasteiger partial charge in [-0.25, -0.2) is 0 Å². The molecule has 0 bridgehead atoms. The Morgan fingerprint density at radius 2 is 1.93 bits per heavy atom. The highest BCUT2D eigenvalue weighted by atomic mass is 32.2. The van der Waals surface area contributed by atoms with Crippen LogP contribution in [0.5, 0.6) is 5.75 Å². The standard InChI is InChI=1S/C23H24N2O3S/c1-24-13-20(17-5-3-4-6-18(17)23(24)26)19-12-21-16(9-10-25(21)29(2)27)11-22(19)28-14-15-7-8-15/h3-6,11-13,15H,7-10,14H2,1-2H3. The second-order valence-corrected chi connectivity index (χ2v) is 9.30. The van der Waals surface area contributed by atoms with Gasteiger partial charge in [-0.2, -0.15) is 4.31 Å². The molecule has 1 saturated carbocycles. The van der Waals surface area contributed by atoms with Gasteiger partial charge in [0.25, 0.3) is 5.56 Å². The summed E-state index contributed by atoms with van der Waals surface area (Å²) in [7, 11) is 1.78. The molecule has 1 aliphatic carbocycles. The molecular formula is C23H24N2O3S. The lowest BCUT2D eigenvalue weighted by molar-refractivity contribution is 0.301. The Morgan fingerprint density at radius 1 is 1.17 bits per heavy atom. The van der Waals surface area contributed by atoms with Gasteiger partial charge >= 0.3 is 0 Å². The minimum absolute atomic E-state index is 0.0118. The van der Waals surface area contributed by atoms with Crippen LogP contribution < -0.4 is 14.6 Å². The molecule has 1 unspecified atom stereocenters. The molecule has 3 aromatic rings. The lowest BCUT2D eigenvalue weighted by Crippen LogP contribution is -2.27. The molecule has 0 radical (unpaired) electrons. The smallest absolute Gasteiger partial charge is 0.258 e. The van der Waals surface area contributed by atoms with Crippen molar-refractivity contribution in [1.29, 1.82) is 0 Å². The number of fused-ring (bicyclic) bond motifs is 2. The lowest BCUT2D eigenvalue weighted by Gasteiger charge is -2.21. The topological polar surface area (TPSA) is 57.5 Å². The number of aromatic nitrogens is 1. The zero-order valence-corrected chi connectivity index (χ0v) is 17.5. The van der Waals surface area contributed by atoms with Crippen molar-refractivity contribution in [3.05, 3.63) is 58.5 Å². The van der Waals surface area contributed by atoms with Gasteiger partial charge in [-0.1, -0.05) is 18.2 Å². The summed E-state index contributed by atoms with van der Waals surface area (Å²) < 4.78 is 22.1. The number of ether oxygens (including phenoxy) is 1. The van der Waals surface area contributed by atoms with E-state index >= 15 is 0 Å². The maximum atomic E-state index is 12.6. The minimum atomic E-state index is -1.07. The number of aryl methyl sites for hydroxylation is 1. The number of nitrogens with zero attached hydrogens (tertiary/aromatic N) is 2. The Hall–Kier alpha value is -2.44. The molecule has 2 heterocycles. The number of hydrogen-bond donors (Lipinski definition) is 0. The Kier molecular flexibility index (Phi) is 4.56. The maximum Gasteiger partial charge on any atom is 0.258 e. The molecule has 0 amide bonds. The first-order chi connectivity index (χ1) is 14.0. The normalized spacial score (nSPS) is 16.9. The molecule has 0 saturated heterocycles. The van der Waals surface area contributed by atoms with Crippen LogP contribution in [0.2, 0.25) is 0 Å². The van der Waals surface area contributed by atoms with E-state index in [1.54, 1.807) is 17.9 Å². The summed E-state index contributed by atoms with van der Waals surface area (Å²) in [6.45, 7) is 1.47. The van der Waals surface area contributed by atoms with Gasteiger partial charge in [0.05, 0.1) is 30.2 Å². The molecule has 0 spiro atoms. The van der Waals surface area contributed by atoms with Crippen molar-refractivity contribution in [2.24, 2.45) is 13.0 Å². The largest absolute Gasteiger partial charge is 0.593 e. The van der Waals surface area contributed by atoms with Crippen molar-refractivity contribution < 1.29 is 9.29 Å². The van der Waals surface area contributed by atoms with Crippen LogP contribution >= 0.6 is 0 Å². The van der Waals surface area contributed by atoms with Crippen LogP contribution in [-0.2, 0) is 24.8 Å². The molecule has 0 N–H and O–H groups in total. The fourth-order valence-electron chi connectivity index (χ4n) is 4.11. The van der Waals surface area contributed by atoms with Crippen molar-refractivity contribution in [2.45, 2.75) is 19.3 Å². The van der Waals surface area contributed by atoms with Gasteiger partial charge in [0.2, 0.25) is 0 Å². The third-order valence-electron chi connectivity index (χ3n) is 5.90. The monoisotopic (exact) mass is 408 g/mol. The summed E-state index contributed by atoms with van der Waals surface area (Å²) in [4.78, 5) is 12.6. The third-order valence-corrected chi connectivity index (χ3v) is 6.90. The predicted octanol–water partition coefficient (Wildman–Crippen LogP) is 3.65. The van der Waals surface area contributed by atoms with Crippen LogP contribution in [0.4, 0.5) is 5.69 Å². The summed E-state index contributed by atoms with van der Waals surface area (Å²) in [5, 5.41) is 1.60. The number of pyridine rings is 1. The van der Waals surface area contributed by atoms with E-state index in [9.17, 15) is 9.35 Å². The van der Waals surface area contributed by atoms with Gasteiger partial charge in [0.1, 0.15) is 12.0 Å². The van der Waals surface area contributed by atoms with Crippen molar-refractivity contribution in [3.8, 4) is 16.9 Å². The average molecular weight is 409 g/mol. The molecule has 29 heavy (non-hydrogen) atoms. The van der Waals surface area contributed by atoms with E-state index in [1.165, 1.54) is 18.4 Å². The van der Waals surface area contributed by atoms with E-state index in [1.807, 2.05) is 34.8 Å². The Morgan fingerprint density at radius 3 is 2.66 bits per heavy atom. The van der Waals surface area contributed by atoms with Gasteiger partial charge in [0.15, 0.2) is 0 Å². The van der Waals surface area contributed by atoms with E-state index in [2.05, 4.69) is 12.1 Å². The van der Waals surface area contributed by atoms with Crippen LogP contribution in [-0.4, -0.2) is 28.5 Å². The number of rotatable bonds is 5. The molecule has 1 aliphatic heterocycles. The summed E-state index contributed by atoms with van der Waals surface area (Å²) in [6.07, 6.45) is 6.92. The molecule has 5 nitrogen and oxygen atoms in total. The van der Waals surface area contributed by atoms with E-state index in [0.717, 1.165) is 47.5 Å². The zero-order chi connectivity index (χ0) is 20.1. The minimum Gasteiger partial charge on any atom is -0.593 e. The van der Waals surface area contributed by atoms with Crippen LogP contribution in [0.3, 0.4) is 0 Å². The van der Waals surface area contributed by atoms with Gasteiger partial charge in [-0.3, -0.25) is 4.79 Å². The van der Waals surface area contributed by atoms with Crippen LogP contribution in [0, 0.1) is 5.92 Å². The molecule has 6 heteroatoms. The molecular weight excluding hydrogens is 384 g/mol. The SMILES string of the molecule is Cn1cc(-c2cc3c(cc2OCC2CC2)CCN3[S+](C)[O-])c2ccccc2c1=O. The molecule has 150 valence electrons. The number of anilines is 1. The van der Waals surface area contributed by atoms with Gasteiger partial charge in [-0.15, -0.1) is 0 Å². The highest BCUT2D eigenvalue weighted by molar-refractivity contribution is 7.92. The van der Waals surface area contributed by atoms with Crippen molar-refractivity contribution in [1.82, 2.24) is 4.57 Å². The Balaban J connectivity index is 1.73. The highest BCUT2D eigenvalue weighted by Gasteiger charge is 2.29. The number of hydrogen-bond acceptors (Lipinski definition) is 4. The van der Waals surface area contributed by atoms with Crippen molar-refractivity contribution in [3.63, 3.8) is 0 Å². The Bertz CT molecular complexity index is 1150. The highest BCUT2D eigenvalue weighted by Crippen LogP contribution is 2.42.